The maximum Gasteiger partial charge on any atom is 0.187 e. The summed E-state index contributed by atoms with van der Waals surface area (Å²) < 4.78 is 4.91. The van der Waals surface area contributed by atoms with Crippen LogP contribution in [0, 0.1) is 6.57 Å². The number of nitrogens with zero attached hydrogens (tertiary/aromatic N) is 1. The fourth-order valence-electron chi connectivity index (χ4n) is 0.657. The van der Waals surface area contributed by atoms with Gasteiger partial charge in [-0.25, -0.2) is 4.85 Å². The second-order valence-electron chi connectivity index (χ2n) is 1.81. The minimum Gasteiger partial charge on any atom is -0.497 e. The molecule has 0 atom stereocenters. The molecule has 0 N–H and O–H groups in total. The van der Waals surface area contributed by atoms with Crippen LogP contribution in [0.3, 0.4) is 0 Å². The van der Waals surface area contributed by atoms with E-state index in [1.165, 1.54) is 0 Å². The number of ether oxygens (including phenoxy) is 1. The van der Waals surface area contributed by atoms with Crippen molar-refractivity contribution in [1.29, 1.82) is 0 Å². The number of methoxy groups -OCH3 is 1. The Kier molecular flexibility index (Phi) is 1.91. The maximum absolute atomic E-state index is 6.66. The lowest BCUT2D eigenvalue weighted by molar-refractivity contribution is 0.415. The summed E-state index contributed by atoms with van der Waals surface area (Å²) in [7, 11) is 1.60. The number of benzene rings is 1. The van der Waals surface area contributed by atoms with Crippen molar-refractivity contribution in [3.63, 3.8) is 0 Å². The lowest BCUT2D eigenvalue weighted by atomic mass is 10.3. The van der Waals surface area contributed by atoms with Crippen LogP contribution >= 0.6 is 0 Å². The topological polar surface area (TPSA) is 13.6 Å². The van der Waals surface area contributed by atoms with Crippen molar-refractivity contribution >= 4 is 5.69 Å². The molecule has 0 aliphatic carbocycles. The van der Waals surface area contributed by atoms with Gasteiger partial charge in [-0.1, -0.05) is 12.1 Å². The normalized spacial score (nSPS) is 8.40. The molecule has 0 amide bonds. The second-order valence-corrected chi connectivity index (χ2v) is 1.81. The quantitative estimate of drug-likeness (QED) is 0.535. The van der Waals surface area contributed by atoms with Gasteiger partial charge < -0.3 is 4.74 Å². The Bertz CT molecular complexity index is 245. The van der Waals surface area contributed by atoms with E-state index < -0.39 is 0 Å². The molecular formula is C8H7NO. The van der Waals surface area contributed by atoms with Gasteiger partial charge in [-0.05, 0) is 12.1 Å². The third-order valence-electron chi connectivity index (χ3n) is 1.20. The zero-order chi connectivity index (χ0) is 7.40. The molecule has 0 aliphatic rings. The smallest absolute Gasteiger partial charge is 0.187 e. The minimum atomic E-state index is 0.640. The molecule has 0 bridgehead atoms. The molecule has 0 aliphatic heterocycles. The average molecular weight is 133 g/mol. The van der Waals surface area contributed by atoms with E-state index in [-0.39, 0.29) is 0 Å². The minimum absolute atomic E-state index is 0.640. The predicted octanol–water partition coefficient (Wildman–Crippen LogP) is 2.25. The summed E-state index contributed by atoms with van der Waals surface area (Å²) in [5.74, 6) is 0.785. The van der Waals surface area contributed by atoms with Crippen LogP contribution in [-0.2, 0) is 0 Å². The van der Waals surface area contributed by atoms with Crippen LogP contribution in [0.5, 0.6) is 5.75 Å². The monoisotopic (exact) mass is 133 g/mol. The van der Waals surface area contributed by atoms with Gasteiger partial charge in [-0.2, -0.15) is 0 Å². The highest BCUT2D eigenvalue weighted by atomic mass is 16.5. The SMILES string of the molecule is [C-]#[N+]c1ccc(OC)cc1. The zero-order valence-corrected chi connectivity index (χ0v) is 5.66. The van der Waals surface area contributed by atoms with Crippen molar-refractivity contribution in [2.75, 3.05) is 7.11 Å². The average Bonchev–Trinajstić information content (AvgIpc) is 2.05. The Hall–Kier alpha value is -1.49. The van der Waals surface area contributed by atoms with Crippen LogP contribution < -0.4 is 4.74 Å². The van der Waals surface area contributed by atoms with E-state index in [4.69, 9.17) is 11.3 Å². The standard InChI is InChI=1S/C8H7NO/c1-9-7-3-5-8(10-2)6-4-7/h3-6H,2H3. The van der Waals surface area contributed by atoms with Crippen molar-refractivity contribution in [3.05, 3.63) is 35.7 Å². The van der Waals surface area contributed by atoms with E-state index in [1.807, 2.05) is 0 Å². The molecule has 0 saturated heterocycles. The van der Waals surface area contributed by atoms with Gasteiger partial charge in [0.1, 0.15) is 5.75 Å². The molecule has 1 aromatic rings. The van der Waals surface area contributed by atoms with Crippen molar-refractivity contribution in [2.24, 2.45) is 0 Å². The molecule has 2 nitrogen and oxygen atoms in total. The van der Waals surface area contributed by atoms with Crippen molar-refractivity contribution < 1.29 is 4.74 Å². The molecular weight excluding hydrogens is 126 g/mol. The molecule has 0 radical (unpaired) electrons. The highest BCUT2D eigenvalue weighted by Gasteiger charge is 1.89. The summed E-state index contributed by atoms with van der Waals surface area (Å²) in [5, 5.41) is 0. The van der Waals surface area contributed by atoms with E-state index in [9.17, 15) is 0 Å². The van der Waals surface area contributed by atoms with E-state index in [0.29, 0.717) is 5.69 Å². The van der Waals surface area contributed by atoms with Gasteiger partial charge in [-0.3, -0.25) is 0 Å². The first kappa shape index (κ1) is 6.63. The Labute approximate surface area is 59.9 Å². The van der Waals surface area contributed by atoms with Crippen LogP contribution in [-0.4, -0.2) is 7.11 Å². The summed E-state index contributed by atoms with van der Waals surface area (Å²) in [6.45, 7) is 6.66. The molecule has 1 rings (SSSR count). The molecule has 0 heterocycles. The molecule has 50 valence electrons. The van der Waals surface area contributed by atoms with Crippen LogP contribution in [0.1, 0.15) is 0 Å². The highest BCUT2D eigenvalue weighted by molar-refractivity contribution is 5.46. The lowest BCUT2D eigenvalue weighted by Gasteiger charge is -1.96. The summed E-state index contributed by atoms with van der Waals surface area (Å²) in [6, 6.07) is 7.00. The van der Waals surface area contributed by atoms with Crippen molar-refractivity contribution in [1.82, 2.24) is 0 Å². The number of hydrogen-bond acceptors (Lipinski definition) is 1. The van der Waals surface area contributed by atoms with Gasteiger partial charge in [-0.15, -0.1) is 0 Å². The molecule has 1 aromatic carbocycles. The van der Waals surface area contributed by atoms with Gasteiger partial charge in [0.05, 0.1) is 13.7 Å². The molecule has 0 spiro atoms. The number of hydrogen-bond donors (Lipinski definition) is 0. The fraction of sp³-hybridized carbons (Fsp3) is 0.125. The van der Waals surface area contributed by atoms with Crippen LogP contribution in [0.2, 0.25) is 0 Å². The molecule has 0 saturated carbocycles. The van der Waals surface area contributed by atoms with Gasteiger partial charge in [0.2, 0.25) is 0 Å². The van der Waals surface area contributed by atoms with Crippen LogP contribution in [0.4, 0.5) is 5.69 Å². The summed E-state index contributed by atoms with van der Waals surface area (Å²) in [6.07, 6.45) is 0. The highest BCUT2D eigenvalue weighted by Crippen LogP contribution is 2.16. The Morgan fingerprint density at radius 1 is 1.30 bits per heavy atom. The van der Waals surface area contributed by atoms with Crippen molar-refractivity contribution in [2.45, 2.75) is 0 Å². The van der Waals surface area contributed by atoms with Crippen molar-refractivity contribution in [3.8, 4) is 5.75 Å². The van der Waals surface area contributed by atoms with E-state index in [2.05, 4.69) is 4.85 Å². The Balaban J connectivity index is 2.93. The van der Waals surface area contributed by atoms with Gasteiger partial charge in [0.25, 0.3) is 0 Å². The largest absolute Gasteiger partial charge is 0.497 e. The third kappa shape index (κ3) is 1.26. The molecule has 0 unspecified atom stereocenters. The third-order valence-corrected chi connectivity index (χ3v) is 1.20. The zero-order valence-electron chi connectivity index (χ0n) is 5.66. The maximum atomic E-state index is 6.66. The summed E-state index contributed by atoms with van der Waals surface area (Å²) >= 11 is 0. The van der Waals surface area contributed by atoms with Gasteiger partial charge >= 0.3 is 0 Å². The number of rotatable bonds is 1. The molecule has 0 fully saturated rings. The first-order chi connectivity index (χ1) is 4.86. The Morgan fingerprint density at radius 3 is 2.30 bits per heavy atom. The van der Waals surface area contributed by atoms with E-state index in [1.54, 1.807) is 31.4 Å². The van der Waals surface area contributed by atoms with Crippen LogP contribution in [0.25, 0.3) is 4.85 Å². The first-order valence-electron chi connectivity index (χ1n) is 2.88. The molecule has 0 aromatic heterocycles. The first-order valence-corrected chi connectivity index (χ1v) is 2.88. The summed E-state index contributed by atoms with van der Waals surface area (Å²) in [4.78, 5) is 3.24. The Morgan fingerprint density at radius 2 is 1.90 bits per heavy atom. The second kappa shape index (κ2) is 2.88. The lowest BCUT2D eigenvalue weighted by Crippen LogP contribution is -1.79. The van der Waals surface area contributed by atoms with E-state index in [0.717, 1.165) is 5.75 Å². The predicted molar refractivity (Wildman–Crippen MR) is 39.3 cm³/mol. The van der Waals surface area contributed by atoms with Gasteiger partial charge in [0.15, 0.2) is 5.69 Å². The molecule has 10 heavy (non-hydrogen) atoms. The summed E-state index contributed by atoms with van der Waals surface area (Å²) in [5.41, 5.74) is 0.640. The van der Waals surface area contributed by atoms with Crippen LogP contribution in [0.15, 0.2) is 24.3 Å². The van der Waals surface area contributed by atoms with Gasteiger partial charge in [0, 0.05) is 0 Å². The fourth-order valence-corrected chi connectivity index (χ4v) is 0.657. The molecule has 2 heteroatoms. The van der Waals surface area contributed by atoms with E-state index >= 15 is 0 Å².